The second-order valence-electron chi connectivity index (χ2n) is 6.33. The van der Waals surface area contributed by atoms with Crippen molar-refractivity contribution >= 4 is 61.2 Å². The fraction of sp³-hybridized carbons (Fsp3) is 0.278. The number of pyridine rings is 1. The summed E-state index contributed by atoms with van der Waals surface area (Å²) in [5.74, 6) is 1.57. The second-order valence-corrected chi connectivity index (χ2v) is 9.17. The van der Waals surface area contributed by atoms with Crippen LogP contribution in [0.3, 0.4) is 0 Å². The number of nitrogens with zero attached hydrogens (tertiary/aromatic N) is 4. The maximum absolute atomic E-state index is 5.55. The monoisotopic (exact) mass is 477 g/mol. The van der Waals surface area contributed by atoms with Crippen LogP contribution in [0.2, 0.25) is 0 Å². The van der Waals surface area contributed by atoms with E-state index in [1.54, 1.807) is 35.5 Å². The van der Waals surface area contributed by atoms with Crippen molar-refractivity contribution in [2.45, 2.75) is 23.2 Å². The normalized spacial score (nSPS) is 16.8. The molecule has 0 aromatic carbocycles. The topological polar surface area (TPSA) is 64.3 Å². The van der Waals surface area contributed by atoms with E-state index in [2.05, 4.69) is 43.0 Å². The molecule has 0 aliphatic heterocycles. The van der Waals surface area contributed by atoms with Crippen LogP contribution in [0.4, 0.5) is 11.5 Å². The molecule has 6 nitrogen and oxygen atoms in total. The summed E-state index contributed by atoms with van der Waals surface area (Å²) in [6.45, 7) is 0. The summed E-state index contributed by atoms with van der Waals surface area (Å²) in [5.41, 5.74) is 3.28. The van der Waals surface area contributed by atoms with E-state index in [-0.39, 0.29) is 0 Å². The lowest BCUT2D eigenvalue weighted by Gasteiger charge is -2.17. The van der Waals surface area contributed by atoms with Crippen molar-refractivity contribution in [3.63, 3.8) is 0 Å². The molecule has 5 rings (SSSR count). The average Bonchev–Trinajstić information content (AvgIpc) is 3.24. The third-order valence-electron chi connectivity index (χ3n) is 4.76. The molecule has 8 heteroatoms. The molecule has 1 aliphatic rings. The summed E-state index contributed by atoms with van der Waals surface area (Å²) in [5, 5.41) is 8.91. The van der Waals surface area contributed by atoms with E-state index in [1.807, 2.05) is 18.3 Å². The molecule has 1 N–H and O–H groups in total. The first-order chi connectivity index (χ1) is 12.7. The number of fused-ring (bicyclic) bond motifs is 4. The van der Waals surface area contributed by atoms with Crippen molar-refractivity contribution in [3.05, 3.63) is 41.3 Å². The molecule has 4 heterocycles. The highest BCUT2D eigenvalue weighted by molar-refractivity contribution is 14.1. The predicted molar refractivity (Wildman–Crippen MR) is 112 cm³/mol. The minimum Gasteiger partial charge on any atom is -0.493 e. The first kappa shape index (κ1) is 16.2. The van der Waals surface area contributed by atoms with Crippen LogP contribution in [0, 0.1) is 0 Å². The molecule has 0 bridgehead atoms. The maximum atomic E-state index is 5.55. The van der Waals surface area contributed by atoms with Gasteiger partial charge in [-0.25, -0.2) is 14.5 Å². The molecular weight excluding hydrogens is 461 g/mol. The first-order valence-electron chi connectivity index (χ1n) is 8.40. The lowest BCUT2D eigenvalue weighted by atomic mass is 9.97. The highest BCUT2D eigenvalue weighted by Gasteiger charge is 2.24. The van der Waals surface area contributed by atoms with Gasteiger partial charge in [0, 0.05) is 15.0 Å². The summed E-state index contributed by atoms with van der Waals surface area (Å²) < 4.78 is 8.06. The number of hydrogen-bond acceptors (Lipinski definition) is 6. The molecule has 0 unspecified atom stereocenters. The Kier molecular flexibility index (Phi) is 3.96. The van der Waals surface area contributed by atoms with Crippen LogP contribution in [0.25, 0.3) is 15.7 Å². The highest BCUT2D eigenvalue weighted by Crippen LogP contribution is 2.41. The zero-order valence-electron chi connectivity index (χ0n) is 14.1. The van der Waals surface area contributed by atoms with E-state index in [0.717, 1.165) is 45.8 Å². The zero-order valence-corrected chi connectivity index (χ0v) is 17.0. The van der Waals surface area contributed by atoms with Crippen LogP contribution in [0.1, 0.15) is 16.9 Å². The largest absolute Gasteiger partial charge is 0.493 e. The molecule has 4 aromatic rings. The summed E-state index contributed by atoms with van der Waals surface area (Å²) in [6.07, 6.45) is 8.71. The van der Waals surface area contributed by atoms with Gasteiger partial charge >= 0.3 is 0 Å². The molecule has 1 aliphatic carbocycles. The van der Waals surface area contributed by atoms with E-state index in [4.69, 9.17) is 4.74 Å². The number of methoxy groups -OCH3 is 1. The fourth-order valence-corrected chi connectivity index (χ4v) is 5.82. The molecule has 0 saturated carbocycles. The maximum Gasteiger partial charge on any atom is 0.160 e. The predicted octanol–water partition coefficient (Wildman–Crippen LogP) is 4.38. The van der Waals surface area contributed by atoms with Gasteiger partial charge in [-0.15, -0.1) is 11.3 Å². The Labute approximate surface area is 167 Å². The fourth-order valence-electron chi connectivity index (χ4n) is 3.50. The van der Waals surface area contributed by atoms with E-state index < -0.39 is 0 Å². The number of anilines is 2. The van der Waals surface area contributed by atoms with Gasteiger partial charge in [-0.05, 0) is 37.0 Å². The van der Waals surface area contributed by atoms with Crippen LogP contribution in [-0.2, 0) is 12.8 Å². The van der Waals surface area contributed by atoms with Gasteiger partial charge in [0.05, 0.1) is 29.9 Å². The molecular formula is C18H16IN5OS. The summed E-state index contributed by atoms with van der Waals surface area (Å²) in [6, 6.07) is 3.99. The molecule has 132 valence electrons. The van der Waals surface area contributed by atoms with Crippen molar-refractivity contribution in [2.24, 2.45) is 0 Å². The Balaban J connectivity index is 1.64. The molecule has 1 atom stereocenters. The van der Waals surface area contributed by atoms with Crippen molar-refractivity contribution in [1.82, 2.24) is 19.6 Å². The number of hydrogen-bond donors (Lipinski definition) is 1. The lowest BCUT2D eigenvalue weighted by molar-refractivity contribution is 0.413. The van der Waals surface area contributed by atoms with E-state index in [9.17, 15) is 0 Å². The van der Waals surface area contributed by atoms with Crippen molar-refractivity contribution in [3.8, 4) is 5.75 Å². The molecule has 0 amide bonds. The number of thiophene rings is 1. The SMILES string of the molecule is COc1cn2nccc2cc1Nc1ncnc2sc3c(c12)CC[C@H](I)C3. The molecule has 4 aromatic heterocycles. The van der Waals surface area contributed by atoms with Crippen LogP contribution in [0.15, 0.2) is 30.9 Å². The van der Waals surface area contributed by atoms with Gasteiger partial charge in [-0.1, -0.05) is 22.6 Å². The molecule has 26 heavy (non-hydrogen) atoms. The number of rotatable bonds is 3. The van der Waals surface area contributed by atoms with Gasteiger partial charge in [0.2, 0.25) is 0 Å². The minimum absolute atomic E-state index is 0.710. The number of ether oxygens (including phenoxy) is 1. The summed E-state index contributed by atoms with van der Waals surface area (Å²) in [4.78, 5) is 11.6. The molecule has 0 spiro atoms. The molecule has 0 radical (unpaired) electrons. The quantitative estimate of drug-likeness (QED) is 0.351. The Bertz CT molecular complexity index is 1120. The van der Waals surface area contributed by atoms with Crippen molar-refractivity contribution < 1.29 is 4.74 Å². The third kappa shape index (κ3) is 2.62. The lowest BCUT2D eigenvalue weighted by Crippen LogP contribution is -2.11. The summed E-state index contributed by atoms with van der Waals surface area (Å²) >= 11 is 4.35. The number of aromatic nitrogens is 4. The molecule has 0 fully saturated rings. The van der Waals surface area contributed by atoms with Crippen LogP contribution >= 0.6 is 33.9 Å². The Morgan fingerprint density at radius 1 is 1.38 bits per heavy atom. The standard InChI is InChI=1S/C18H16IN5OS/c1-25-14-8-24-11(4-5-22-24)7-13(14)23-17-16-12-3-2-10(19)6-15(12)26-18(16)21-9-20-17/h4-5,7-10H,2-3,6H2,1H3,(H,20,21,23)/t10-/m0/s1. The van der Waals surface area contributed by atoms with Gasteiger partial charge in [-0.2, -0.15) is 5.10 Å². The Hall–Kier alpha value is -1.94. The second kappa shape index (κ2) is 6.34. The Morgan fingerprint density at radius 3 is 3.19 bits per heavy atom. The van der Waals surface area contributed by atoms with E-state index in [0.29, 0.717) is 3.92 Å². The summed E-state index contributed by atoms with van der Waals surface area (Å²) in [7, 11) is 1.67. The van der Waals surface area contributed by atoms with Crippen molar-refractivity contribution in [1.29, 1.82) is 0 Å². The van der Waals surface area contributed by atoms with E-state index >= 15 is 0 Å². The van der Waals surface area contributed by atoms with Crippen molar-refractivity contribution in [2.75, 3.05) is 12.4 Å². The number of alkyl halides is 1. The van der Waals surface area contributed by atoms with Gasteiger partial charge in [-0.3, -0.25) is 0 Å². The minimum atomic E-state index is 0.710. The van der Waals surface area contributed by atoms with Gasteiger partial charge in [0.1, 0.15) is 17.0 Å². The smallest absolute Gasteiger partial charge is 0.160 e. The number of aryl methyl sites for hydroxylation is 1. The van der Waals surface area contributed by atoms with Crippen LogP contribution in [-0.4, -0.2) is 30.6 Å². The van der Waals surface area contributed by atoms with Gasteiger partial charge < -0.3 is 10.1 Å². The average molecular weight is 477 g/mol. The third-order valence-corrected chi connectivity index (χ3v) is 6.98. The molecule has 0 saturated heterocycles. The van der Waals surface area contributed by atoms with Crippen LogP contribution < -0.4 is 10.1 Å². The van der Waals surface area contributed by atoms with Crippen LogP contribution in [0.5, 0.6) is 5.75 Å². The first-order valence-corrected chi connectivity index (χ1v) is 10.5. The van der Waals surface area contributed by atoms with Gasteiger partial charge in [0.25, 0.3) is 0 Å². The highest BCUT2D eigenvalue weighted by atomic mass is 127. The zero-order chi connectivity index (χ0) is 17.7. The van der Waals surface area contributed by atoms with Gasteiger partial charge in [0.15, 0.2) is 5.75 Å². The van der Waals surface area contributed by atoms with E-state index in [1.165, 1.54) is 16.9 Å². The Morgan fingerprint density at radius 2 is 2.31 bits per heavy atom. The number of nitrogens with one attached hydrogen (secondary N) is 1. The number of halogens is 1.